The number of aliphatic hydroxyl groups is 1. The van der Waals surface area contributed by atoms with E-state index in [1.165, 1.54) is 6.42 Å². The first-order valence-corrected chi connectivity index (χ1v) is 9.81. The van der Waals surface area contributed by atoms with Gasteiger partial charge < -0.3 is 10.4 Å². The topological polar surface area (TPSA) is 66.4 Å². The van der Waals surface area contributed by atoms with Gasteiger partial charge in [-0.05, 0) is 29.4 Å². The van der Waals surface area contributed by atoms with Crippen LogP contribution in [0.4, 0.5) is 0 Å². The van der Waals surface area contributed by atoms with Crippen LogP contribution in [0.25, 0.3) is 0 Å². The Morgan fingerprint density at radius 2 is 1.87 bits per heavy atom. The Morgan fingerprint density at radius 3 is 2.52 bits per heavy atom. The molecular weight excluding hydrogens is 310 g/mol. The highest BCUT2D eigenvalue weighted by Crippen LogP contribution is 2.29. The second-order valence-corrected chi connectivity index (χ2v) is 8.10. The van der Waals surface area contributed by atoms with Crippen LogP contribution in [0.15, 0.2) is 24.3 Å². The molecule has 1 aromatic rings. The van der Waals surface area contributed by atoms with E-state index in [2.05, 4.69) is 19.2 Å². The third-order valence-corrected chi connectivity index (χ3v) is 6.12. The van der Waals surface area contributed by atoms with Crippen LogP contribution in [-0.4, -0.2) is 27.0 Å². The van der Waals surface area contributed by atoms with Gasteiger partial charge in [-0.3, -0.25) is 9.00 Å². The monoisotopic (exact) mass is 337 g/mol. The van der Waals surface area contributed by atoms with E-state index in [0.29, 0.717) is 17.6 Å². The molecule has 1 saturated carbocycles. The molecule has 2 N–H and O–H groups in total. The molecule has 0 aliphatic heterocycles. The third-order valence-electron chi connectivity index (χ3n) is 4.88. The Kier molecular flexibility index (Phi) is 6.78. The summed E-state index contributed by atoms with van der Waals surface area (Å²) in [6, 6.07) is 7.56. The molecule has 1 fully saturated rings. The Balaban J connectivity index is 1.81. The molecule has 128 valence electrons. The maximum absolute atomic E-state index is 12.2. The number of hydrogen-bond donors (Lipinski definition) is 2. The Bertz CT molecular complexity index is 544. The van der Waals surface area contributed by atoms with Crippen molar-refractivity contribution in [1.82, 2.24) is 5.32 Å². The van der Waals surface area contributed by atoms with Crippen LogP contribution >= 0.6 is 0 Å². The highest BCUT2D eigenvalue weighted by atomic mass is 32.2. The molecule has 0 aromatic heterocycles. The number of hydrogen-bond acceptors (Lipinski definition) is 3. The maximum Gasteiger partial charge on any atom is 0.232 e. The van der Waals surface area contributed by atoms with Gasteiger partial charge in [-0.15, -0.1) is 0 Å². The summed E-state index contributed by atoms with van der Waals surface area (Å²) < 4.78 is 12.2. The minimum Gasteiger partial charge on any atom is -0.392 e. The molecule has 1 aromatic carbocycles. The number of amides is 1. The predicted octanol–water partition coefficient (Wildman–Crippen LogP) is 2.37. The lowest BCUT2D eigenvalue weighted by Crippen LogP contribution is -2.45. The van der Waals surface area contributed by atoms with Crippen molar-refractivity contribution < 1.29 is 14.1 Å². The summed E-state index contributed by atoms with van der Waals surface area (Å²) >= 11 is 0. The molecule has 5 heteroatoms. The number of aliphatic hydroxyl groups excluding tert-OH is 1. The zero-order valence-corrected chi connectivity index (χ0v) is 14.8. The lowest BCUT2D eigenvalue weighted by atomic mass is 9.78. The fraction of sp³-hybridized carbons (Fsp3) is 0.611. The summed E-state index contributed by atoms with van der Waals surface area (Å²) in [5, 5.41) is 12.1. The molecule has 0 heterocycles. The molecule has 1 aliphatic rings. The summed E-state index contributed by atoms with van der Waals surface area (Å²) in [5.41, 5.74) is 1.76. The fourth-order valence-electron chi connectivity index (χ4n) is 3.16. The summed E-state index contributed by atoms with van der Waals surface area (Å²) in [7, 11) is -1.21. The van der Waals surface area contributed by atoms with E-state index in [-0.39, 0.29) is 24.3 Å². The van der Waals surface area contributed by atoms with Crippen LogP contribution in [0.5, 0.6) is 0 Å². The van der Waals surface area contributed by atoms with E-state index in [4.69, 9.17) is 5.11 Å². The third kappa shape index (κ3) is 5.43. The van der Waals surface area contributed by atoms with Crippen molar-refractivity contribution in [3.8, 4) is 0 Å². The predicted molar refractivity (Wildman–Crippen MR) is 93.2 cm³/mol. The van der Waals surface area contributed by atoms with Crippen molar-refractivity contribution in [1.29, 1.82) is 0 Å². The van der Waals surface area contributed by atoms with Gasteiger partial charge >= 0.3 is 0 Å². The van der Waals surface area contributed by atoms with Crippen molar-refractivity contribution in [3.63, 3.8) is 0 Å². The Labute approximate surface area is 141 Å². The van der Waals surface area contributed by atoms with Gasteiger partial charge in [0.15, 0.2) is 0 Å². The molecular formula is C18H27NO3S. The highest BCUT2D eigenvalue weighted by Gasteiger charge is 2.28. The van der Waals surface area contributed by atoms with Crippen LogP contribution in [0, 0.1) is 11.8 Å². The molecule has 23 heavy (non-hydrogen) atoms. The average molecular weight is 337 g/mol. The van der Waals surface area contributed by atoms with E-state index in [9.17, 15) is 9.00 Å². The molecule has 4 nitrogen and oxygen atoms in total. The van der Waals surface area contributed by atoms with Gasteiger partial charge in [0, 0.05) is 22.6 Å². The van der Waals surface area contributed by atoms with E-state index in [0.717, 1.165) is 24.0 Å². The summed E-state index contributed by atoms with van der Waals surface area (Å²) in [6.45, 7) is 4.43. The zero-order valence-electron chi connectivity index (χ0n) is 14.0. The van der Waals surface area contributed by atoms with E-state index < -0.39 is 10.8 Å². The smallest absolute Gasteiger partial charge is 0.232 e. The van der Waals surface area contributed by atoms with Crippen molar-refractivity contribution in [2.45, 2.75) is 51.5 Å². The van der Waals surface area contributed by atoms with Gasteiger partial charge in [-0.2, -0.15) is 0 Å². The van der Waals surface area contributed by atoms with Crippen LogP contribution in [0.2, 0.25) is 0 Å². The summed E-state index contributed by atoms with van der Waals surface area (Å²) in [5.74, 6) is 1.42. The number of carbonyl (C=O) groups is 1. The second-order valence-electron chi connectivity index (χ2n) is 6.64. The molecule has 0 saturated heterocycles. The van der Waals surface area contributed by atoms with E-state index in [1.807, 2.05) is 24.3 Å². The quantitative estimate of drug-likeness (QED) is 0.837. The van der Waals surface area contributed by atoms with Gasteiger partial charge in [0.2, 0.25) is 5.91 Å². The second kappa shape index (κ2) is 8.60. The molecule has 2 rings (SSSR count). The minimum absolute atomic E-state index is 0.00374. The SMILES string of the molecule is CC1CCCC(NC(=O)CS(=O)Cc2ccc(CO)cc2)C1C. The van der Waals surface area contributed by atoms with Crippen LogP contribution in [0.3, 0.4) is 0 Å². The van der Waals surface area contributed by atoms with Crippen LogP contribution in [-0.2, 0) is 28.0 Å². The van der Waals surface area contributed by atoms with Crippen molar-refractivity contribution in [3.05, 3.63) is 35.4 Å². The Hall–Kier alpha value is -1.20. The zero-order chi connectivity index (χ0) is 16.8. The first kappa shape index (κ1) is 18.1. The van der Waals surface area contributed by atoms with Crippen molar-refractivity contribution >= 4 is 16.7 Å². The first-order chi connectivity index (χ1) is 11.0. The molecule has 0 bridgehead atoms. The van der Waals surface area contributed by atoms with Gasteiger partial charge in [-0.1, -0.05) is 51.0 Å². The lowest BCUT2D eigenvalue weighted by Gasteiger charge is -2.34. The van der Waals surface area contributed by atoms with Gasteiger partial charge in [0.1, 0.15) is 5.75 Å². The molecule has 4 unspecified atom stereocenters. The number of carbonyl (C=O) groups excluding carboxylic acids is 1. The van der Waals surface area contributed by atoms with E-state index >= 15 is 0 Å². The standard InChI is InChI=1S/C18H27NO3S/c1-13-4-3-5-17(14(13)2)19-18(21)12-23(22)11-16-8-6-15(10-20)7-9-16/h6-9,13-14,17,20H,3-5,10-12H2,1-2H3,(H,19,21). The van der Waals surface area contributed by atoms with Crippen LogP contribution < -0.4 is 5.32 Å². The molecule has 0 radical (unpaired) electrons. The lowest BCUT2D eigenvalue weighted by molar-refractivity contribution is -0.120. The van der Waals surface area contributed by atoms with Gasteiger partial charge in [0.25, 0.3) is 0 Å². The minimum atomic E-state index is -1.21. The molecule has 1 amide bonds. The maximum atomic E-state index is 12.2. The van der Waals surface area contributed by atoms with E-state index in [1.54, 1.807) is 0 Å². The highest BCUT2D eigenvalue weighted by molar-refractivity contribution is 7.84. The normalized spacial score (nSPS) is 25.8. The number of benzene rings is 1. The largest absolute Gasteiger partial charge is 0.392 e. The van der Waals surface area contributed by atoms with Gasteiger partial charge in [-0.25, -0.2) is 0 Å². The molecule has 1 aliphatic carbocycles. The summed E-state index contributed by atoms with van der Waals surface area (Å²) in [6.07, 6.45) is 3.40. The molecule has 4 atom stereocenters. The Morgan fingerprint density at radius 1 is 1.22 bits per heavy atom. The fourth-order valence-corrected chi connectivity index (χ4v) is 4.20. The summed E-state index contributed by atoms with van der Waals surface area (Å²) in [4.78, 5) is 12.1. The van der Waals surface area contributed by atoms with Crippen molar-refractivity contribution in [2.75, 3.05) is 5.75 Å². The van der Waals surface area contributed by atoms with Gasteiger partial charge in [0.05, 0.1) is 6.61 Å². The number of rotatable bonds is 6. The molecule has 0 spiro atoms. The number of nitrogens with one attached hydrogen (secondary N) is 1. The first-order valence-electron chi connectivity index (χ1n) is 8.32. The van der Waals surface area contributed by atoms with Crippen LogP contribution in [0.1, 0.15) is 44.2 Å². The average Bonchev–Trinajstić information content (AvgIpc) is 2.52. The van der Waals surface area contributed by atoms with Crippen molar-refractivity contribution in [2.24, 2.45) is 11.8 Å².